The molecule has 0 amide bonds. The molecule has 0 bridgehead atoms. The standard InChI is InChI=1S/C16H20N4O/c1-11-9-19-16(17)15(20-11)12-7-8-14(18-10-12)21-13-5-3-2-4-6-13/h7-10,13H,2-6H2,1H3,(H2,17,19). The molecule has 2 aromatic rings. The highest BCUT2D eigenvalue weighted by atomic mass is 16.5. The van der Waals surface area contributed by atoms with Crippen LogP contribution in [-0.2, 0) is 0 Å². The van der Waals surface area contributed by atoms with Gasteiger partial charge in [-0.2, -0.15) is 0 Å². The molecule has 0 spiro atoms. The molecule has 110 valence electrons. The van der Waals surface area contributed by atoms with E-state index >= 15 is 0 Å². The number of nitrogen functional groups attached to an aromatic ring is 1. The Morgan fingerprint density at radius 2 is 1.90 bits per heavy atom. The number of hydrogen-bond donors (Lipinski definition) is 1. The molecule has 5 nitrogen and oxygen atoms in total. The average molecular weight is 284 g/mol. The van der Waals surface area contributed by atoms with Gasteiger partial charge in [0.05, 0.1) is 11.9 Å². The van der Waals surface area contributed by atoms with Gasteiger partial charge in [0, 0.05) is 17.8 Å². The number of aromatic nitrogens is 3. The normalized spacial score (nSPS) is 15.9. The number of rotatable bonds is 3. The lowest BCUT2D eigenvalue weighted by molar-refractivity contribution is 0.148. The monoisotopic (exact) mass is 284 g/mol. The summed E-state index contributed by atoms with van der Waals surface area (Å²) < 4.78 is 5.92. The van der Waals surface area contributed by atoms with Gasteiger partial charge in [0.2, 0.25) is 5.88 Å². The van der Waals surface area contributed by atoms with Crippen molar-refractivity contribution in [1.82, 2.24) is 15.0 Å². The van der Waals surface area contributed by atoms with Crippen LogP contribution >= 0.6 is 0 Å². The van der Waals surface area contributed by atoms with E-state index < -0.39 is 0 Å². The van der Waals surface area contributed by atoms with E-state index in [1.807, 2.05) is 19.1 Å². The molecule has 5 heteroatoms. The second kappa shape index (κ2) is 6.08. The van der Waals surface area contributed by atoms with Crippen LogP contribution in [-0.4, -0.2) is 21.1 Å². The maximum Gasteiger partial charge on any atom is 0.213 e. The Morgan fingerprint density at radius 1 is 1.10 bits per heavy atom. The molecular formula is C16H20N4O. The first-order valence-electron chi connectivity index (χ1n) is 7.44. The van der Waals surface area contributed by atoms with E-state index in [9.17, 15) is 0 Å². The average Bonchev–Trinajstić information content (AvgIpc) is 2.52. The van der Waals surface area contributed by atoms with E-state index in [0.717, 1.165) is 24.1 Å². The van der Waals surface area contributed by atoms with Crippen molar-refractivity contribution in [2.45, 2.75) is 45.1 Å². The molecule has 0 unspecified atom stereocenters. The summed E-state index contributed by atoms with van der Waals surface area (Å²) in [5.41, 5.74) is 8.24. The quantitative estimate of drug-likeness (QED) is 0.937. The smallest absolute Gasteiger partial charge is 0.213 e. The Labute approximate surface area is 124 Å². The van der Waals surface area contributed by atoms with Gasteiger partial charge in [0.1, 0.15) is 17.6 Å². The second-order valence-electron chi connectivity index (χ2n) is 5.51. The van der Waals surface area contributed by atoms with Crippen LogP contribution in [0.15, 0.2) is 24.5 Å². The molecule has 1 fully saturated rings. The lowest BCUT2D eigenvalue weighted by atomic mass is 9.98. The zero-order chi connectivity index (χ0) is 14.7. The third kappa shape index (κ3) is 3.29. The van der Waals surface area contributed by atoms with Crippen LogP contribution in [0.4, 0.5) is 5.82 Å². The fourth-order valence-electron chi connectivity index (χ4n) is 2.64. The Hall–Kier alpha value is -2.17. The van der Waals surface area contributed by atoms with Gasteiger partial charge in [-0.15, -0.1) is 0 Å². The molecule has 2 aromatic heterocycles. The van der Waals surface area contributed by atoms with E-state index in [2.05, 4.69) is 15.0 Å². The highest BCUT2D eigenvalue weighted by Gasteiger charge is 2.15. The van der Waals surface area contributed by atoms with E-state index in [1.165, 1.54) is 19.3 Å². The summed E-state index contributed by atoms with van der Waals surface area (Å²) >= 11 is 0. The van der Waals surface area contributed by atoms with Gasteiger partial charge in [-0.05, 0) is 38.7 Å². The molecule has 1 aliphatic carbocycles. The maximum absolute atomic E-state index is 5.92. The molecule has 0 aliphatic heterocycles. The Morgan fingerprint density at radius 3 is 2.62 bits per heavy atom. The minimum absolute atomic E-state index is 0.306. The van der Waals surface area contributed by atoms with Crippen molar-refractivity contribution < 1.29 is 4.74 Å². The maximum atomic E-state index is 5.92. The third-order valence-corrected chi connectivity index (χ3v) is 3.77. The van der Waals surface area contributed by atoms with Gasteiger partial charge >= 0.3 is 0 Å². The molecule has 2 heterocycles. The summed E-state index contributed by atoms with van der Waals surface area (Å²) in [6, 6.07) is 3.82. The van der Waals surface area contributed by atoms with E-state index in [0.29, 0.717) is 23.5 Å². The zero-order valence-corrected chi connectivity index (χ0v) is 12.2. The van der Waals surface area contributed by atoms with Gasteiger partial charge in [-0.25, -0.2) is 15.0 Å². The van der Waals surface area contributed by atoms with Crippen LogP contribution in [0.1, 0.15) is 37.8 Å². The SMILES string of the molecule is Cc1cnc(N)c(-c2ccc(OC3CCCCC3)nc2)n1. The highest BCUT2D eigenvalue weighted by Crippen LogP contribution is 2.25. The minimum atomic E-state index is 0.306. The van der Waals surface area contributed by atoms with Crippen molar-refractivity contribution in [2.24, 2.45) is 0 Å². The number of aryl methyl sites for hydroxylation is 1. The first-order valence-corrected chi connectivity index (χ1v) is 7.44. The Bertz CT molecular complexity index is 606. The number of pyridine rings is 1. The lowest BCUT2D eigenvalue weighted by Gasteiger charge is -2.22. The van der Waals surface area contributed by atoms with E-state index in [-0.39, 0.29) is 0 Å². The zero-order valence-electron chi connectivity index (χ0n) is 12.2. The van der Waals surface area contributed by atoms with Crippen molar-refractivity contribution in [3.8, 4) is 17.1 Å². The van der Waals surface area contributed by atoms with Crippen molar-refractivity contribution in [2.75, 3.05) is 5.73 Å². The largest absolute Gasteiger partial charge is 0.474 e. The molecular weight excluding hydrogens is 264 g/mol. The molecule has 21 heavy (non-hydrogen) atoms. The van der Waals surface area contributed by atoms with E-state index in [1.54, 1.807) is 12.4 Å². The first kappa shape index (κ1) is 13.8. The van der Waals surface area contributed by atoms with E-state index in [4.69, 9.17) is 10.5 Å². The molecule has 1 saturated carbocycles. The second-order valence-corrected chi connectivity index (χ2v) is 5.51. The molecule has 0 radical (unpaired) electrons. The molecule has 0 aromatic carbocycles. The van der Waals surface area contributed by atoms with Crippen LogP contribution in [0.25, 0.3) is 11.3 Å². The number of nitrogens with two attached hydrogens (primary N) is 1. The molecule has 0 atom stereocenters. The van der Waals surface area contributed by atoms with Crippen LogP contribution in [0, 0.1) is 6.92 Å². The van der Waals surface area contributed by atoms with Crippen LogP contribution in [0.3, 0.4) is 0 Å². The highest BCUT2D eigenvalue weighted by molar-refractivity contribution is 5.69. The molecule has 2 N–H and O–H groups in total. The summed E-state index contributed by atoms with van der Waals surface area (Å²) in [4.78, 5) is 12.9. The van der Waals surface area contributed by atoms with Gasteiger partial charge in [0.25, 0.3) is 0 Å². The van der Waals surface area contributed by atoms with Crippen LogP contribution in [0.2, 0.25) is 0 Å². The van der Waals surface area contributed by atoms with Crippen molar-refractivity contribution in [1.29, 1.82) is 0 Å². The predicted octanol–water partition coefficient (Wildman–Crippen LogP) is 3.14. The summed E-state index contributed by atoms with van der Waals surface area (Å²) in [6.45, 7) is 1.89. The first-order chi connectivity index (χ1) is 10.2. The summed E-state index contributed by atoms with van der Waals surface area (Å²) in [6.07, 6.45) is 9.78. The number of nitrogens with zero attached hydrogens (tertiary/aromatic N) is 3. The van der Waals surface area contributed by atoms with Gasteiger partial charge in [0.15, 0.2) is 0 Å². The minimum Gasteiger partial charge on any atom is -0.474 e. The number of ether oxygens (including phenoxy) is 1. The third-order valence-electron chi connectivity index (χ3n) is 3.77. The topological polar surface area (TPSA) is 73.9 Å². The van der Waals surface area contributed by atoms with Gasteiger partial charge < -0.3 is 10.5 Å². The van der Waals surface area contributed by atoms with Crippen LogP contribution in [0.5, 0.6) is 5.88 Å². The van der Waals surface area contributed by atoms with Crippen molar-refractivity contribution in [3.05, 3.63) is 30.2 Å². The summed E-state index contributed by atoms with van der Waals surface area (Å²) in [7, 11) is 0. The lowest BCUT2D eigenvalue weighted by Crippen LogP contribution is -2.20. The Kier molecular flexibility index (Phi) is 3.99. The van der Waals surface area contributed by atoms with Crippen LogP contribution < -0.4 is 10.5 Å². The van der Waals surface area contributed by atoms with Crippen molar-refractivity contribution >= 4 is 5.82 Å². The van der Waals surface area contributed by atoms with Gasteiger partial charge in [-0.3, -0.25) is 0 Å². The number of hydrogen-bond acceptors (Lipinski definition) is 5. The molecule has 1 aliphatic rings. The fourth-order valence-corrected chi connectivity index (χ4v) is 2.64. The summed E-state index contributed by atoms with van der Waals surface area (Å²) in [5.74, 6) is 1.09. The Balaban J connectivity index is 1.75. The number of anilines is 1. The fraction of sp³-hybridized carbons (Fsp3) is 0.438. The molecule has 0 saturated heterocycles. The van der Waals surface area contributed by atoms with Gasteiger partial charge in [-0.1, -0.05) is 6.42 Å². The molecule has 3 rings (SSSR count). The predicted molar refractivity (Wildman–Crippen MR) is 81.9 cm³/mol. The summed E-state index contributed by atoms with van der Waals surface area (Å²) in [5, 5.41) is 0. The van der Waals surface area contributed by atoms with Crippen molar-refractivity contribution in [3.63, 3.8) is 0 Å².